The highest BCUT2D eigenvalue weighted by Gasteiger charge is 1.86. The van der Waals surface area contributed by atoms with Gasteiger partial charge in [0, 0.05) is 0 Å². The van der Waals surface area contributed by atoms with Gasteiger partial charge in [-0.1, -0.05) is 51.0 Å². The molecule has 0 aromatic rings. The van der Waals surface area contributed by atoms with Gasteiger partial charge in [-0.25, -0.2) is 0 Å². The molecule has 0 aliphatic heterocycles. The molecule has 0 heterocycles. The predicted molar refractivity (Wildman–Crippen MR) is 66.6 cm³/mol. The van der Waals surface area contributed by atoms with Crippen LogP contribution in [0, 0.1) is 0 Å². The average Bonchev–Trinajstić information content (AvgIpc) is 2.21. The van der Waals surface area contributed by atoms with E-state index < -0.39 is 0 Å². The number of allylic oxidation sites excluding steroid dienone is 4. The molecule has 0 aromatic carbocycles. The molecular formula is C14H26. The van der Waals surface area contributed by atoms with Crippen LogP contribution in [0.25, 0.3) is 0 Å². The van der Waals surface area contributed by atoms with Crippen molar-refractivity contribution >= 4 is 0 Å². The zero-order valence-corrected chi connectivity index (χ0v) is 9.97. The van der Waals surface area contributed by atoms with E-state index in [0.29, 0.717) is 0 Å². The first-order valence-corrected chi connectivity index (χ1v) is 6.21. The molecule has 82 valence electrons. The molecule has 0 spiro atoms. The molecule has 0 saturated heterocycles. The van der Waals surface area contributed by atoms with Crippen LogP contribution in [-0.4, -0.2) is 0 Å². The van der Waals surface area contributed by atoms with Crippen LogP contribution in [-0.2, 0) is 0 Å². The maximum Gasteiger partial charge on any atom is -0.0351 e. The van der Waals surface area contributed by atoms with Gasteiger partial charge in [0.1, 0.15) is 0 Å². The Hall–Kier alpha value is -0.520. The van der Waals surface area contributed by atoms with Crippen molar-refractivity contribution in [2.75, 3.05) is 0 Å². The molecule has 0 rings (SSSR count). The minimum Gasteiger partial charge on any atom is -0.0888 e. The lowest BCUT2D eigenvalue weighted by Crippen LogP contribution is -1.76. The van der Waals surface area contributed by atoms with Crippen molar-refractivity contribution in [1.82, 2.24) is 0 Å². The Balaban J connectivity index is 2.99. The van der Waals surface area contributed by atoms with E-state index in [2.05, 4.69) is 38.2 Å². The second kappa shape index (κ2) is 12.5. The number of rotatable bonds is 9. The lowest BCUT2D eigenvalue weighted by atomic mass is 10.1. The first-order valence-electron chi connectivity index (χ1n) is 6.21. The smallest absolute Gasteiger partial charge is 0.0351 e. The van der Waals surface area contributed by atoms with Crippen LogP contribution >= 0.6 is 0 Å². The third-order valence-electron chi connectivity index (χ3n) is 2.30. The van der Waals surface area contributed by atoms with Gasteiger partial charge in [-0.2, -0.15) is 0 Å². The van der Waals surface area contributed by atoms with Gasteiger partial charge in [-0.15, -0.1) is 0 Å². The summed E-state index contributed by atoms with van der Waals surface area (Å²) in [5.41, 5.74) is 0. The highest BCUT2D eigenvalue weighted by Crippen LogP contribution is 2.06. The summed E-state index contributed by atoms with van der Waals surface area (Å²) in [6, 6.07) is 0. The van der Waals surface area contributed by atoms with Crippen molar-refractivity contribution < 1.29 is 0 Å². The Morgan fingerprint density at radius 1 is 0.571 bits per heavy atom. The topological polar surface area (TPSA) is 0 Å². The molecule has 0 unspecified atom stereocenters. The normalized spacial score (nSPS) is 11.9. The Morgan fingerprint density at radius 2 is 1.00 bits per heavy atom. The third kappa shape index (κ3) is 11.5. The monoisotopic (exact) mass is 194 g/mol. The molecule has 0 radical (unpaired) electrons. The second-order valence-corrected chi connectivity index (χ2v) is 3.75. The first-order chi connectivity index (χ1) is 6.91. The minimum absolute atomic E-state index is 1.18. The van der Waals surface area contributed by atoms with Gasteiger partial charge in [-0.05, 0) is 38.5 Å². The summed E-state index contributed by atoms with van der Waals surface area (Å²) in [5, 5.41) is 0. The Kier molecular flexibility index (Phi) is 12.0. The van der Waals surface area contributed by atoms with E-state index in [1.54, 1.807) is 0 Å². The van der Waals surface area contributed by atoms with Crippen molar-refractivity contribution in [3.63, 3.8) is 0 Å². The van der Waals surface area contributed by atoms with Crippen molar-refractivity contribution in [3.8, 4) is 0 Å². The maximum absolute atomic E-state index is 2.32. The summed E-state index contributed by atoms with van der Waals surface area (Å²) in [7, 11) is 0. The van der Waals surface area contributed by atoms with E-state index in [4.69, 9.17) is 0 Å². The molecule has 0 bridgehead atoms. The van der Waals surface area contributed by atoms with Gasteiger partial charge < -0.3 is 0 Å². The summed E-state index contributed by atoms with van der Waals surface area (Å²) in [5.74, 6) is 0. The van der Waals surface area contributed by atoms with E-state index in [1.807, 2.05) is 0 Å². The Morgan fingerprint density at radius 3 is 1.36 bits per heavy atom. The Labute approximate surface area is 90.1 Å². The van der Waals surface area contributed by atoms with E-state index in [-0.39, 0.29) is 0 Å². The van der Waals surface area contributed by atoms with Gasteiger partial charge in [0.05, 0.1) is 0 Å². The standard InChI is InChI=1S/C14H26/c1-3-5-7-9-11-13-14-12-10-8-6-4-2/h5-8H,3-4,9-14H2,1-2H3/b7-5-,8-6+. The molecule has 0 N–H and O–H groups in total. The van der Waals surface area contributed by atoms with Crippen LogP contribution < -0.4 is 0 Å². The first kappa shape index (κ1) is 13.5. The quantitative estimate of drug-likeness (QED) is 0.347. The van der Waals surface area contributed by atoms with Crippen LogP contribution in [0.3, 0.4) is 0 Å². The Bertz CT molecular complexity index is 124. The fraction of sp³-hybridized carbons (Fsp3) is 0.714. The largest absolute Gasteiger partial charge is 0.0888 e. The zero-order chi connectivity index (χ0) is 10.5. The summed E-state index contributed by atoms with van der Waals surface area (Å²) in [6.45, 7) is 4.38. The van der Waals surface area contributed by atoms with Gasteiger partial charge in [0.15, 0.2) is 0 Å². The van der Waals surface area contributed by atoms with Crippen LogP contribution in [0.4, 0.5) is 0 Å². The molecule has 0 heteroatoms. The number of hydrogen-bond acceptors (Lipinski definition) is 0. The van der Waals surface area contributed by atoms with E-state index >= 15 is 0 Å². The molecule has 0 saturated carbocycles. The molecule has 14 heavy (non-hydrogen) atoms. The molecular weight excluding hydrogens is 168 g/mol. The summed E-state index contributed by atoms with van der Waals surface area (Å²) < 4.78 is 0. The van der Waals surface area contributed by atoms with Crippen LogP contribution in [0.5, 0.6) is 0 Å². The molecule has 0 atom stereocenters. The molecule has 0 aromatic heterocycles. The molecule has 0 fully saturated rings. The molecule has 0 amide bonds. The third-order valence-corrected chi connectivity index (χ3v) is 2.30. The van der Waals surface area contributed by atoms with Crippen molar-refractivity contribution in [3.05, 3.63) is 24.3 Å². The van der Waals surface area contributed by atoms with Gasteiger partial charge in [0.25, 0.3) is 0 Å². The van der Waals surface area contributed by atoms with Crippen LogP contribution in [0.15, 0.2) is 24.3 Å². The van der Waals surface area contributed by atoms with Crippen molar-refractivity contribution in [1.29, 1.82) is 0 Å². The van der Waals surface area contributed by atoms with Crippen LogP contribution in [0.2, 0.25) is 0 Å². The SMILES string of the molecule is CC/C=C\CCCCCC/C=C/CC. The van der Waals surface area contributed by atoms with Gasteiger partial charge >= 0.3 is 0 Å². The fourth-order valence-corrected chi connectivity index (χ4v) is 1.45. The van der Waals surface area contributed by atoms with Crippen molar-refractivity contribution in [2.45, 2.75) is 65.2 Å². The maximum atomic E-state index is 2.32. The minimum atomic E-state index is 1.18. The van der Waals surface area contributed by atoms with E-state index in [9.17, 15) is 0 Å². The van der Waals surface area contributed by atoms with Crippen molar-refractivity contribution in [2.24, 2.45) is 0 Å². The van der Waals surface area contributed by atoms with Gasteiger partial charge in [-0.3, -0.25) is 0 Å². The fourth-order valence-electron chi connectivity index (χ4n) is 1.45. The van der Waals surface area contributed by atoms with Gasteiger partial charge in [0.2, 0.25) is 0 Å². The lowest BCUT2D eigenvalue weighted by molar-refractivity contribution is 0.651. The second-order valence-electron chi connectivity index (χ2n) is 3.75. The van der Waals surface area contributed by atoms with Crippen LogP contribution in [0.1, 0.15) is 65.2 Å². The highest BCUT2D eigenvalue weighted by molar-refractivity contribution is 4.80. The number of hydrogen-bond donors (Lipinski definition) is 0. The zero-order valence-electron chi connectivity index (χ0n) is 9.97. The molecule has 0 nitrogen and oxygen atoms in total. The number of unbranched alkanes of at least 4 members (excludes halogenated alkanes) is 5. The lowest BCUT2D eigenvalue weighted by Gasteiger charge is -1.96. The summed E-state index contributed by atoms with van der Waals surface area (Å²) in [4.78, 5) is 0. The molecule has 0 aliphatic carbocycles. The molecule has 0 aliphatic rings. The summed E-state index contributed by atoms with van der Waals surface area (Å²) in [6.07, 6.45) is 19.6. The van der Waals surface area contributed by atoms with E-state index in [1.165, 1.54) is 51.4 Å². The summed E-state index contributed by atoms with van der Waals surface area (Å²) >= 11 is 0. The predicted octanol–water partition coefficient (Wildman–Crippen LogP) is 5.26. The van der Waals surface area contributed by atoms with E-state index in [0.717, 1.165) is 0 Å². The highest BCUT2D eigenvalue weighted by atomic mass is 13.9. The average molecular weight is 194 g/mol.